The van der Waals surface area contributed by atoms with Gasteiger partial charge in [0.15, 0.2) is 6.23 Å². The van der Waals surface area contributed by atoms with E-state index in [-0.39, 0.29) is 23.2 Å². The number of aliphatic imine (C=N–C) groups is 1. The van der Waals surface area contributed by atoms with Gasteiger partial charge in [0.25, 0.3) is 5.92 Å². The molecule has 2 rings (SSSR count). The summed E-state index contributed by atoms with van der Waals surface area (Å²) in [6, 6.07) is 0. The summed E-state index contributed by atoms with van der Waals surface area (Å²) < 4.78 is 45.4. The Bertz CT molecular complexity index is 857. The smallest absolute Gasteiger partial charge is 0.413 e. The molecule has 3 atom stereocenters. The SMILES string of the molecule is C=C1N=C(NC(=O)OC(C)(C)C)C=CN1[C@@H]1O[C@H](COC(=O)CSCC(=O)O)[C@H](C)C1(F)F. The largest absolute Gasteiger partial charge is 0.481 e. The second-order valence-corrected chi connectivity index (χ2v) is 9.31. The number of alkyl halides is 2. The average Bonchev–Trinajstić information content (AvgIpc) is 2.88. The van der Waals surface area contributed by atoms with Gasteiger partial charge in [0.1, 0.15) is 30.0 Å². The molecule has 0 aromatic rings. The molecule has 0 aromatic heterocycles. The molecule has 184 valence electrons. The Balaban J connectivity index is 1.96. The van der Waals surface area contributed by atoms with E-state index in [1.807, 2.05) is 0 Å². The van der Waals surface area contributed by atoms with Gasteiger partial charge >= 0.3 is 18.0 Å². The highest BCUT2D eigenvalue weighted by Gasteiger charge is 2.59. The van der Waals surface area contributed by atoms with Crippen LogP contribution in [0.2, 0.25) is 0 Å². The minimum absolute atomic E-state index is 0.0594. The van der Waals surface area contributed by atoms with Gasteiger partial charge in [-0.2, -0.15) is 0 Å². The fourth-order valence-corrected chi connectivity index (χ4v) is 3.41. The van der Waals surface area contributed by atoms with E-state index in [0.717, 1.165) is 16.7 Å². The molecule has 0 aliphatic carbocycles. The van der Waals surface area contributed by atoms with Crippen molar-refractivity contribution >= 4 is 35.6 Å². The lowest BCUT2D eigenvalue weighted by Gasteiger charge is -2.32. The highest BCUT2D eigenvalue weighted by molar-refractivity contribution is 8.00. The van der Waals surface area contributed by atoms with Gasteiger partial charge in [-0.15, -0.1) is 11.8 Å². The molecule has 10 nitrogen and oxygen atoms in total. The van der Waals surface area contributed by atoms with E-state index in [9.17, 15) is 23.2 Å². The minimum atomic E-state index is -3.34. The third kappa shape index (κ3) is 7.42. The molecule has 2 aliphatic rings. The van der Waals surface area contributed by atoms with Crippen LogP contribution in [0.5, 0.6) is 0 Å². The van der Waals surface area contributed by atoms with Crippen molar-refractivity contribution in [2.24, 2.45) is 10.9 Å². The number of rotatable bonds is 7. The van der Waals surface area contributed by atoms with E-state index >= 15 is 0 Å². The summed E-state index contributed by atoms with van der Waals surface area (Å²) in [7, 11) is 0. The van der Waals surface area contributed by atoms with Gasteiger partial charge in [-0.3, -0.25) is 14.9 Å². The van der Waals surface area contributed by atoms with Crippen LogP contribution in [0.1, 0.15) is 27.7 Å². The minimum Gasteiger partial charge on any atom is -0.481 e. The zero-order chi connectivity index (χ0) is 25.0. The molecule has 0 saturated carbocycles. The Hall–Kier alpha value is -2.67. The summed E-state index contributed by atoms with van der Waals surface area (Å²) in [6.07, 6.45) is -1.07. The lowest BCUT2D eigenvalue weighted by molar-refractivity contribution is -0.149. The molecular formula is C20H27F2N3O7S. The molecule has 13 heteroatoms. The average molecular weight is 492 g/mol. The number of hydrogen-bond donors (Lipinski definition) is 2. The van der Waals surface area contributed by atoms with Crippen LogP contribution in [-0.4, -0.2) is 75.8 Å². The van der Waals surface area contributed by atoms with E-state index in [0.29, 0.717) is 0 Å². The predicted octanol–water partition coefficient (Wildman–Crippen LogP) is 2.57. The molecule has 1 fully saturated rings. The van der Waals surface area contributed by atoms with Crippen molar-refractivity contribution in [3.63, 3.8) is 0 Å². The first-order valence-corrected chi connectivity index (χ1v) is 11.1. The zero-order valence-corrected chi connectivity index (χ0v) is 19.5. The molecule has 2 aliphatic heterocycles. The first-order chi connectivity index (χ1) is 15.2. The van der Waals surface area contributed by atoms with Crippen molar-refractivity contribution in [3.05, 3.63) is 24.7 Å². The van der Waals surface area contributed by atoms with Crippen LogP contribution in [0, 0.1) is 5.92 Å². The Morgan fingerprint density at radius 2 is 2.03 bits per heavy atom. The highest BCUT2D eigenvalue weighted by Crippen LogP contribution is 2.43. The Labute approximate surface area is 194 Å². The number of amides is 1. The number of carboxylic acids is 1. The van der Waals surface area contributed by atoms with Crippen molar-refractivity contribution in [1.29, 1.82) is 0 Å². The van der Waals surface area contributed by atoms with Crippen molar-refractivity contribution in [2.45, 2.75) is 51.6 Å². The molecule has 0 spiro atoms. The summed E-state index contributed by atoms with van der Waals surface area (Å²) >= 11 is 0.838. The summed E-state index contributed by atoms with van der Waals surface area (Å²) in [5, 5.41) is 11.0. The van der Waals surface area contributed by atoms with E-state index < -0.39 is 54.4 Å². The van der Waals surface area contributed by atoms with Crippen LogP contribution >= 0.6 is 11.8 Å². The number of ether oxygens (including phenoxy) is 3. The van der Waals surface area contributed by atoms with Crippen LogP contribution < -0.4 is 5.32 Å². The maximum atomic E-state index is 14.9. The van der Waals surface area contributed by atoms with Gasteiger partial charge in [-0.25, -0.2) is 18.6 Å². The number of aliphatic carboxylic acids is 1. The highest BCUT2D eigenvalue weighted by atomic mass is 32.2. The molecule has 1 amide bonds. The van der Waals surface area contributed by atoms with E-state index in [1.54, 1.807) is 20.8 Å². The number of carbonyl (C=O) groups excluding carboxylic acids is 2. The Kier molecular flexibility index (Phi) is 8.46. The summed E-state index contributed by atoms with van der Waals surface area (Å²) in [4.78, 5) is 39.1. The molecule has 0 aromatic carbocycles. The summed E-state index contributed by atoms with van der Waals surface area (Å²) in [5.41, 5.74) is -0.727. The maximum Gasteiger partial charge on any atom is 0.413 e. The van der Waals surface area contributed by atoms with Crippen molar-refractivity contribution in [2.75, 3.05) is 18.1 Å². The number of alkyl carbamates (subject to hydrolysis) is 1. The van der Waals surface area contributed by atoms with Gasteiger partial charge in [0, 0.05) is 6.20 Å². The normalized spacial score (nSPS) is 24.3. The molecule has 2 N–H and O–H groups in total. The maximum absolute atomic E-state index is 14.9. The van der Waals surface area contributed by atoms with E-state index in [2.05, 4.69) is 16.9 Å². The lowest BCUT2D eigenvalue weighted by atomic mass is 9.99. The second kappa shape index (κ2) is 10.5. The number of nitrogens with one attached hydrogen (secondary N) is 1. The van der Waals surface area contributed by atoms with Crippen molar-refractivity contribution in [3.8, 4) is 0 Å². The van der Waals surface area contributed by atoms with Gasteiger partial charge < -0.3 is 24.2 Å². The third-order valence-corrected chi connectivity index (χ3v) is 5.36. The van der Waals surface area contributed by atoms with Crippen LogP contribution in [0.3, 0.4) is 0 Å². The quantitative estimate of drug-likeness (QED) is 0.517. The summed E-state index contributed by atoms with van der Waals surface area (Å²) in [5.74, 6) is -6.98. The first kappa shape index (κ1) is 26.6. The zero-order valence-electron chi connectivity index (χ0n) is 18.7. The number of amidine groups is 1. The van der Waals surface area contributed by atoms with E-state index in [1.165, 1.54) is 19.2 Å². The fraction of sp³-hybridized carbons (Fsp3) is 0.600. The Morgan fingerprint density at radius 1 is 1.36 bits per heavy atom. The van der Waals surface area contributed by atoms with Gasteiger partial charge in [0.05, 0.1) is 17.4 Å². The number of esters is 1. The number of carboxylic acid groups (broad SMARTS) is 1. The van der Waals surface area contributed by atoms with Crippen LogP contribution in [0.4, 0.5) is 13.6 Å². The molecule has 33 heavy (non-hydrogen) atoms. The first-order valence-electron chi connectivity index (χ1n) is 9.93. The predicted molar refractivity (Wildman–Crippen MR) is 116 cm³/mol. The number of thioether (sulfide) groups is 1. The van der Waals surface area contributed by atoms with Gasteiger partial charge in [0.2, 0.25) is 0 Å². The topological polar surface area (TPSA) is 127 Å². The van der Waals surface area contributed by atoms with Crippen LogP contribution in [0.25, 0.3) is 0 Å². The molecule has 2 heterocycles. The molecule has 0 bridgehead atoms. The number of carbonyl (C=O) groups is 3. The Morgan fingerprint density at radius 3 is 2.61 bits per heavy atom. The van der Waals surface area contributed by atoms with Crippen LogP contribution in [0.15, 0.2) is 29.7 Å². The number of nitrogens with zero attached hydrogens (tertiary/aromatic N) is 2. The van der Waals surface area contributed by atoms with Gasteiger partial charge in [-0.05, 0) is 26.8 Å². The van der Waals surface area contributed by atoms with Crippen molar-refractivity contribution in [1.82, 2.24) is 10.2 Å². The van der Waals surface area contributed by atoms with Crippen molar-refractivity contribution < 1.29 is 42.5 Å². The van der Waals surface area contributed by atoms with Crippen LogP contribution in [-0.2, 0) is 23.8 Å². The van der Waals surface area contributed by atoms with E-state index in [4.69, 9.17) is 19.3 Å². The fourth-order valence-electron chi connectivity index (χ4n) is 2.88. The lowest BCUT2D eigenvalue weighted by Crippen LogP contribution is -2.45. The molecule has 0 unspecified atom stereocenters. The number of halogens is 2. The number of hydrogen-bond acceptors (Lipinski definition) is 9. The standard InChI is InChI=1S/C20H27F2N3O7S/c1-11-13(8-30-16(28)10-33-9-15(26)27)31-17(20(11,21)22)25-7-6-14(23-12(25)2)24-18(29)32-19(3,4)5/h6-7,11,13,17H,2,8-10H2,1,3-5H3,(H,26,27)(H,23,24,29)/t11-,13+,17+/m0/s1. The molecule has 0 radical (unpaired) electrons. The second-order valence-electron chi connectivity index (χ2n) is 8.32. The van der Waals surface area contributed by atoms with Gasteiger partial charge in [-0.1, -0.05) is 13.5 Å². The molecule has 1 saturated heterocycles. The molecular weight excluding hydrogens is 464 g/mol. The summed E-state index contributed by atoms with van der Waals surface area (Å²) in [6.45, 7) is 9.58. The third-order valence-electron chi connectivity index (χ3n) is 4.47. The monoisotopic (exact) mass is 491 g/mol.